The molecule has 24 heavy (non-hydrogen) atoms. The Balaban J connectivity index is 1.58. The van der Waals surface area contributed by atoms with Crippen LogP contribution in [0.15, 0.2) is 34.7 Å². The number of anilines is 1. The maximum Gasteiger partial charge on any atom is 0.258 e. The van der Waals surface area contributed by atoms with Gasteiger partial charge in [0.15, 0.2) is 0 Å². The topological polar surface area (TPSA) is 74.8 Å². The monoisotopic (exact) mass is 343 g/mol. The van der Waals surface area contributed by atoms with Crippen molar-refractivity contribution in [3.63, 3.8) is 0 Å². The second-order valence-electron chi connectivity index (χ2n) is 5.99. The maximum absolute atomic E-state index is 14.2. The van der Waals surface area contributed by atoms with Gasteiger partial charge >= 0.3 is 0 Å². The van der Waals surface area contributed by atoms with Gasteiger partial charge in [0, 0.05) is 22.8 Å². The Hall–Kier alpha value is -2.54. The fourth-order valence-corrected chi connectivity index (χ4v) is 4.06. The number of aromatic nitrogens is 2. The first-order chi connectivity index (χ1) is 11.5. The second kappa shape index (κ2) is 5.52. The van der Waals surface area contributed by atoms with Gasteiger partial charge in [0.1, 0.15) is 5.82 Å². The summed E-state index contributed by atoms with van der Waals surface area (Å²) < 4.78 is 14.2. The second-order valence-corrected chi connectivity index (χ2v) is 6.93. The molecule has 1 amide bonds. The number of nitrogens with zero attached hydrogens (tertiary/aromatic N) is 1. The average molecular weight is 343 g/mol. The van der Waals surface area contributed by atoms with E-state index in [1.165, 1.54) is 22.8 Å². The van der Waals surface area contributed by atoms with Crippen molar-refractivity contribution >= 4 is 33.8 Å². The highest BCUT2D eigenvalue weighted by Crippen LogP contribution is 2.50. The van der Waals surface area contributed by atoms with E-state index in [1.54, 1.807) is 11.3 Å². The van der Waals surface area contributed by atoms with Gasteiger partial charge in [0.25, 0.3) is 5.56 Å². The minimum atomic E-state index is -0.599. The SMILES string of the molecule is Cc1ccsc1[C@@H]1C[C@@H]1C(=O)Nc1cc2c(=O)[nH]cnc2cc1F. The highest BCUT2D eigenvalue weighted by atomic mass is 32.1. The number of carbonyl (C=O) groups is 1. The lowest BCUT2D eigenvalue weighted by atomic mass is 10.1. The summed E-state index contributed by atoms with van der Waals surface area (Å²) in [6.45, 7) is 2.03. The minimum Gasteiger partial charge on any atom is -0.323 e. The smallest absolute Gasteiger partial charge is 0.258 e. The number of aryl methyl sites for hydroxylation is 1. The number of thiophene rings is 1. The molecule has 1 fully saturated rings. The van der Waals surface area contributed by atoms with E-state index in [0.717, 1.165) is 12.5 Å². The molecule has 2 aromatic heterocycles. The predicted octanol–water partition coefficient (Wildman–Crippen LogP) is 3.17. The Morgan fingerprint density at radius 2 is 2.29 bits per heavy atom. The Morgan fingerprint density at radius 3 is 3.04 bits per heavy atom. The van der Waals surface area contributed by atoms with E-state index >= 15 is 0 Å². The largest absolute Gasteiger partial charge is 0.323 e. The van der Waals surface area contributed by atoms with Crippen molar-refractivity contribution in [1.82, 2.24) is 9.97 Å². The Bertz CT molecular complexity index is 1010. The highest BCUT2D eigenvalue weighted by Gasteiger charge is 2.45. The van der Waals surface area contributed by atoms with E-state index in [4.69, 9.17) is 0 Å². The summed E-state index contributed by atoms with van der Waals surface area (Å²) in [6.07, 6.45) is 1.99. The van der Waals surface area contributed by atoms with Gasteiger partial charge in [-0.3, -0.25) is 9.59 Å². The van der Waals surface area contributed by atoms with E-state index in [2.05, 4.69) is 15.3 Å². The van der Waals surface area contributed by atoms with Crippen LogP contribution in [0.4, 0.5) is 10.1 Å². The first-order valence-electron chi connectivity index (χ1n) is 7.56. The number of H-pyrrole nitrogens is 1. The van der Waals surface area contributed by atoms with E-state index < -0.39 is 5.82 Å². The summed E-state index contributed by atoms with van der Waals surface area (Å²) in [5.41, 5.74) is 1.09. The van der Waals surface area contributed by atoms with Crippen molar-refractivity contribution in [2.45, 2.75) is 19.3 Å². The van der Waals surface area contributed by atoms with Crippen LogP contribution < -0.4 is 10.9 Å². The fourth-order valence-electron chi connectivity index (χ4n) is 2.95. The number of fused-ring (bicyclic) bond motifs is 1. The lowest BCUT2D eigenvalue weighted by Crippen LogP contribution is -2.16. The van der Waals surface area contributed by atoms with Crippen molar-refractivity contribution in [2.24, 2.45) is 5.92 Å². The molecule has 0 aliphatic heterocycles. The number of carbonyl (C=O) groups excluding carboxylic acids is 1. The summed E-state index contributed by atoms with van der Waals surface area (Å²) in [4.78, 5) is 31.8. The van der Waals surface area contributed by atoms with Crippen molar-refractivity contribution in [1.29, 1.82) is 0 Å². The number of aromatic amines is 1. The molecule has 7 heteroatoms. The number of hydrogen-bond donors (Lipinski definition) is 2. The van der Waals surface area contributed by atoms with Crippen LogP contribution in [0.25, 0.3) is 10.9 Å². The molecular formula is C17H14FN3O2S. The van der Waals surface area contributed by atoms with Crippen molar-refractivity contribution in [3.05, 3.63) is 56.5 Å². The van der Waals surface area contributed by atoms with Crippen LogP contribution in [-0.2, 0) is 4.79 Å². The standard InChI is InChI=1S/C17H14FN3O2S/c1-8-2-3-24-15(8)9-4-10(9)17(23)21-14-5-11-13(6-12(14)18)19-7-20-16(11)22/h2-3,5-7,9-10H,4H2,1H3,(H,21,23)(H,19,20,22)/t9-,10+/m1/s1. The Morgan fingerprint density at radius 1 is 1.46 bits per heavy atom. The van der Waals surface area contributed by atoms with Gasteiger partial charge in [-0.05, 0) is 36.4 Å². The van der Waals surface area contributed by atoms with Crippen LogP contribution in [-0.4, -0.2) is 15.9 Å². The van der Waals surface area contributed by atoms with Gasteiger partial charge in [-0.25, -0.2) is 9.37 Å². The third kappa shape index (κ3) is 2.50. The lowest BCUT2D eigenvalue weighted by molar-refractivity contribution is -0.117. The minimum absolute atomic E-state index is 0.0135. The predicted molar refractivity (Wildman–Crippen MR) is 90.9 cm³/mol. The molecule has 2 heterocycles. The van der Waals surface area contributed by atoms with Gasteiger partial charge in [-0.2, -0.15) is 0 Å². The summed E-state index contributed by atoms with van der Waals surface area (Å²) in [7, 11) is 0. The lowest BCUT2D eigenvalue weighted by Gasteiger charge is -2.07. The molecule has 0 radical (unpaired) electrons. The zero-order chi connectivity index (χ0) is 16.8. The number of hydrogen-bond acceptors (Lipinski definition) is 4. The number of benzene rings is 1. The molecule has 122 valence electrons. The molecule has 2 atom stereocenters. The first kappa shape index (κ1) is 15.0. The fraction of sp³-hybridized carbons (Fsp3) is 0.235. The quantitative estimate of drug-likeness (QED) is 0.767. The molecule has 0 unspecified atom stereocenters. The van der Waals surface area contributed by atoms with Gasteiger partial charge in [0.2, 0.25) is 5.91 Å². The molecule has 0 saturated heterocycles. The van der Waals surface area contributed by atoms with Crippen LogP contribution in [0.1, 0.15) is 22.8 Å². The Labute approximate surface area is 140 Å². The first-order valence-corrected chi connectivity index (χ1v) is 8.44. The van der Waals surface area contributed by atoms with Gasteiger partial charge in [0.05, 0.1) is 22.9 Å². The average Bonchev–Trinajstić information content (AvgIpc) is 3.23. The third-order valence-corrected chi connectivity index (χ3v) is 5.50. The van der Waals surface area contributed by atoms with E-state index in [0.29, 0.717) is 0 Å². The van der Waals surface area contributed by atoms with E-state index in [-0.39, 0.29) is 39.9 Å². The zero-order valence-electron chi connectivity index (χ0n) is 12.8. The summed E-state index contributed by atoms with van der Waals surface area (Å²) in [5, 5.41) is 4.87. The van der Waals surface area contributed by atoms with Crippen molar-refractivity contribution in [3.8, 4) is 0 Å². The van der Waals surface area contributed by atoms with Crippen molar-refractivity contribution in [2.75, 3.05) is 5.32 Å². The van der Waals surface area contributed by atoms with Gasteiger partial charge in [-0.15, -0.1) is 11.3 Å². The number of amides is 1. The van der Waals surface area contributed by atoms with E-state index in [9.17, 15) is 14.0 Å². The summed E-state index contributed by atoms with van der Waals surface area (Å²) >= 11 is 1.65. The van der Waals surface area contributed by atoms with Crippen LogP contribution in [0.5, 0.6) is 0 Å². The molecule has 2 N–H and O–H groups in total. The number of nitrogens with one attached hydrogen (secondary N) is 2. The normalized spacial score (nSPS) is 19.4. The molecular weight excluding hydrogens is 329 g/mol. The number of halogens is 1. The van der Waals surface area contributed by atoms with Gasteiger partial charge in [-0.1, -0.05) is 0 Å². The molecule has 5 nitrogen and oxygen atoms in total. The zero-order valence-corrected chi connectivity index (χ0v) is 13.6. The van der Waals surface area contributed by atoms with Crippen molar-refractivity contribution < 1.29 is 9.18 Å². The van der Waals surface area contributed by atoms with Crippen LogP contribution >= 0.6 is 11.3 Å². The molecule has 1 saturated carbocycles. The van der Waals surface area contributed by atoms with Crippen LogP contribution in [0.2, 0.25) is 0 Å². The Kier molecular flexibility index (Phi) is 3.45. The molecule has 0 spiro atoms. The molecule has 4 rings (SSSR count). The van der Waals surface area contributed by atoms with E-state index in [1.807, 2.05) is 18.4 Å². The molecule has 1 aromatic carbocycles. The summed E-state index contributed by atoms with van der Waals surface area (Å²) in [5.74, 6) is -0.756. The highest BCUT2D eigenvalue weighted by molar-refractivity contribution is 7.10. The third-order valence-electron chi connectivity index (χ3n) is 4.35. The van der Waals surface area contributed by atoms with Crippen LogP contribution in [0, 0.1) is 18.7 Å². The summed E-state index contributed by atoms with van der Waals surface area (Å²) in [6, 6.07) is 4.53. The molecule has 0 bridgehead atoms. The maximum atomic E-state index is 14.2. The molecule has 3 aromatic rings. The molecule has 1 aliphatic rings. The number of rotatable bonds is 3. The molecule has 1 aliphatic carbocycles. The van der Waals surface area contributed by atoms with Gasteiger partial charge < -0.3 is 10.3 Å². The van der Waals surface area contributed by atoms with Crippen LogP contribution in [0.3, 0.4) is 0 Å².